The molecule has 0 aliphatic carbocycles. The van der Waals surface area contributed by atoms with E-state index in [2.05, 4.69) is 11.8 Å². The quantitative estimate of drug-likeness (QED) is 0.425. The number of rotatable bonds is 5. The van der Waals surface area contributed by atoms with Crippen LogP contribution in [0.1, 0.15) is 44.7 Å². The molecular formula is C19H21F3O2. The molecule has 1 aromatic carbocycles. The molecule has 0 heterocycles. The Bertz CT molecular complexity index is 634. The van der Waals surface area contributed by atoms with E-state index in [0.29, 0.717) is 18.8 Å². The second-order valence-electron chi connectivity index (χ2n) is 5.69. The summed E-state index contributed by atoms with van der Waals surface area (Å²) >= 11 is 0. The summed E-state index contributed by atoms with van der Waals surface area (Å²) in [5, 5.41) is 0. The number of alkyl halides is 3. The molecule has 1 aromatic rings. The van der Waals surface area contributed by atoms with Crippen LogP contribution in [-0.2, 0) is 15.7 Å². The standard InChI is InChI=1S/C19H21F3O2/c1-4-5-9-17(12-14(2)3)24-18(23)11-10-15-7-6-8-16(13-15)19(20,21)22/h6-8,10-11,13-14,17H,4,12H2,1-3H3/b11-10+. The third-order valence-corrected chi connectivity index (χ3v) is 3.01. The van der Waals surface area contributed by atoms with Gasteiger partial charge in [-0.25, -0.2) is 4.79 Å². The average Bonchev–Trinajstić information content (AvgIpc) is 2.49. The van der Waals surface area contributed by atoms with Crippen LogP contribution < -0.4 is 0 Å². The van der Waals surface area contributed by atoms with Gasteiger partial charge in [-0.3, -0.25) is 0 Å². The first-order valence-corrected chi connectivity index (χ1v) is 7.76. The van der Waals surface area contributed by atoms with Gasteiger partial charge < -0.3 is 4.74 Å². The van der Waals surface area contributed by atoms with Gasteiger partial charge >= 0.3 is 12.1 Å². The smallest absolute Gasteiger partial charge is 0.416 e. The molecule has 1 rings (SSSR count). The monoisotopic (exact) mass is 338 g/mol. The van der Waals surface area contributed by atoms with Gasteiger partial charge in [0.25, 0.3) is 0 Å². The highest BCUT2D eigenvalue weighted by atomic mass is 19.4. The predicted molar refractivity (Wildman–Crippen MR) is 87.9 cm³/mol. The van der Waals surface area contributed by atoms with E-state index < -0.39 is 23.8 Å². The van der Waals surface area contributed by atoms with Crippen molar-refractivity contribution in [2.75, 3.05) is 0 Å². The van der Waals surface area contributed by atoms with Crippen molar-refractivity contribution in [3.05, 3.63) is 41.5 Å². The minimum Gasteiger partial charge on any atom is -0.446 e. The van der Waals surface area contributed by atoms with Gasteiger partial charge in [0, 0.05) is 12.5 Å². The lowest BCUT2D eigenvalue weighted by molar-refractivity contribution is -0.141. The Balaban J connectivity index is 2.77. The number of benzene rings is 1. The number of carbonyl (C=O) groups is 1. The van der Waals surface area contributed by atoms with Gasteiger partial charge in [0.15, 0.2) is 6.10 Å². The Morgan fingerprint density at radius 1 is 1.33 bits per heavy atom. The van der Waals surface area contributed by atoms with Crippen molar-refractivity contribution in [1.82, 2.24) is 0 Å². The molecular weight excluding hydrogens is 317 g/mol. The highest BCUT2D eigenvalue weighted by Crippen LogP contribution is 2.29. The fraction of sp³-hybridized carbons (Fsp3) is 0.421. The first kappa shape index (κ1) is 19.8. The van der Waals surface area contributed by atoms with Gasteiger partial charge in [-0.05, 0) is 36.1 Å². The number of halogens is 3. The van der Waals surface area contributed by atoms with Crippen molar-refractivity contribution < 1.29 is 22.7 Å². The molecule has 0 N–H and O–H groups in total. The summed E-state index contributed by atoms with van der Waals surface area (Å²) in [4.78, 5) is 11.9. The van der Waals surface area contributed by atoms with Crippen LogP contribution in [0.2, 0.25) is 0 Å². The second kappa shape index (κ2) is 9.17. The molecule has 0 aliphatic rings. The van der Waals surface area contributed by atoms with Gasteiger partial charge in [0.2, 0.25) is 0 Å². The number of esters is 1. The van der Waals surface area contributed by atoms with Crippen molar-refractivity contribution in [2.45, 2.75) is 45.9 Å². The van der Waals surface area contributed by atoms with E-state index in [1.165, 1.54) is 18.2 Å². The lowest BCUT2D eigenvalue weighted by atomic mass is 10.1. The average molecular weight is 338 g/mol. The summed E-state index contributed by atoms with van der Waals surface area (Å²) in [6.45, 7) is 5.88. The molecule has 0 amide bonds. The maximum absolute atomic E-state index is 12.6. The zero-order chi connectivity index (χ0) is 18.2. The van der Waals surface area contributed by atoms with Crippen LogP contribution in [-0.4, -0.2) is 12.1 Å². The van der Waals surface area contributed by atoms with Gasteiger partial charge in [-0.1, -0.05) is 44.7 Å². The Hall–Kier alpha value is -2.22. The minimum absolute atomic E-state index is 0.279. The van der Waals surface area contributed by atoms with Gasteiger partial charge in [-0.15, -0.1) is 0 Å². The maximum Gasteiger partial charge on any atom is 0.416 e. The summed E-state index contributed by atoms with van der Waals surface area (Å²) < 4.78 is 43.2. The zero-order valence-corrected chi connectivity index (χ0v) is 14.0. The molecule has 0 radical (unpaired) electrons. The highest BCUT2D eigenvalue weighted by molar-refractivity contribution is 5.87. The van der Waals surface area contributed by atoms with Crippen molar-refractivity contribution in [1.29, 1.82) is 0 Å². The molecule has 1 atom stereocenters. The molecule has 0 spiro atoms. The third-order valence-electron chi connectivity index (χ3n) is 3.01. The molecule has 0 aromatic heterocycles. The van der Waals surface area contributed by atoms with Crippen LogP contribution in [0.3, 0.4) is 0 Å². The molecule has 0 saturated carbocycles. The van der Waals surface area contributed by atoms with E-state index >= 15 is 0 Å². The molecule has 1 unspecified atom stereocenters. The van der Waals surface area contributed by atoms with Crippen molar-refractivity contribution in [3.63, 3.8) is 0 Å². The van der Waals surface area contributed by atoms with E-state index in [9.17, 15) is 18.0 Å². The SMILES string of the molecule is CCC#CC(CC(C)C)OC(=O)/C=C/c1cccc(C(F)(F)F)c1. The Morgan fingerprint density at radius 3 is 2.62 bits per heavy atom. The molecule has 24 heavy (non-hydrogen) atoms. The molecule has 130 valence electrons. The Labute approximate surface area is 140 Å². The van der Waals surface area contributed by atoms with Gasteiger partial charge in [-0.2, -0.15) is 13.2 Å². The summed E-state index contributed by atoms with van der Waals surface area (Å²) in [6, 6.07) is 4.74. The molecule has 5 heteroatoms. The van der Waals surface area contributed by atoms with Crippen LogP contribution in [0.5, 0.6) is 0 Å². The molecule has 0 fully saturated rings. The molecule has 0 aliphatic heterocycles. The fourth-order valence-corrected chi connectivity index (χ4v) is 1.94. The number of carbonyl (C=O) groups excluding carboxylic acids is 1. The molecule has 2 nitrogen and oxygen atoms in total. The Morgan fingerprint density at radius 2 is 2.04 bits per heavy atom. The normalized spacial score (nSPS) is 12.8. The Kier molecular flexibility index (Phi) is 7.57. The first-order valence-electron chi connectivity index (χ1n) is 7.76. The summed E-state index contributed by atoms with van der Waals surface area (Å²) in [5.41, 5.74) is -0.480. The summed E-state index contributed by atoms with van der Waals surface area (Å²) in [6.07, 6.45) is -1.23. The summed E-state index contributed by atoms with van der Waals surface area (Å²) in [7, 11) is 0. The lowest BCUT2D eigenvalue weighted by Crippen LogP contribution is -2.17. The molecule has 0 bridgehead atoms. The van der Waals surface area contributed by atoms with Crippen LogP contribution in [0, 0.1) is 17.8 Å². The van der Waals surface area contributed by atoms with Gasteiger partial charge in [0.1, 0.15) is 0 Å². The van der Waals surface area contributed by atoms with E-state index in [1.807, 2.05) is 20.8 Å². The number of hydrogen-bond donors (Lipinski definition) is 0. The van der Waals surface area contributed by atoms with Crippen LogP contribution in [0.4, 0.5) is 13.2 Å². The van der Waals surface area contributed by atoms with E-state index in [1.54, 1.807) is 0 Å². The molecule has 0 saturated heterocycles. The van der Waals surface area contributed by atoms with E-state index in [-0.39, 0.29) is 5.56 Å². The topological polar surface area (TPSA) is 26.3 Å². The number of hydrogen-bond acceptors (Lipinski definition) is 2. The van der Waals surface area contributed by atoms with Crippen molar-refractivity contribution >= 4 is 12.0 Å². The van der Waals surface area contributed by atoms with E-state index in [0.717, 1.165) is 18.2 Å². The van der Waals surface area contributed by atoms with Gasteiger partial charge in [0.05, 0.1) is 5.56 Å². The van der Waals surface area contributed by atoms with Crippen LogP contribution in [0.15, 0.2) is 30.3 Å². The predicted octanol–water partition coefficient (Wildman–Crippen LogP) is 5.09. The van der Waals surface area contributed by atoms with E-state index in [4.69, 9.17) is 4.74 Å². The highest BCUT2D eigenvalue weighted by Gasteiger charge is 2.30. The number of ether oxygens (including phenoxy) is 1. The van der Waals surface area contributed by atoms with Crippen LogP contribution in [0.25, 0.3) is 6.08 Å². The third kappa shape index (κ3) is 7.36. The lowest BCUT2D eigenvalue weighted by Gasteiger charge is -2.13. The maximum atomic E-state index is 12.6. The zero-order valence-electron chi connectivity index (χ0n) is 14.0. The minimum atomic E-state index is -4.41. The van der Waals surface area contributed by atoms with Crippen molar-refractivity contribution in [3.8, 4) is 11.8 Å². The largest absolute Gasteiger partial charge is 0.446 e. The van der Waals surface area contributed by atoms with Crippen molar-refractivity contribution in [2.24, 2.45) is 5.92 Å². The van der Waals surface area contributed by atoms with Crippen LogP contribution >= 0.6 is 0 Å². The fourth-order valence-electron chi connectivity index (χ4n) is 1.94. The summed E-state index contributed by atoms with van der Waals surface area (Å²) in [5.74, 6) is 5.45. The first-order chi connectivity index (χ1) is 11.2. The second-order valence-corrected chi connectivity index (χ2v) is 5.69.